The van der Waals surface area contributed by atoms with Crippen molar-refractivity contribution in [3.8, 4) is 11.1 Å². The number of rotatable bonds is 2. The lowest BCUT2D eigenvalue weighted by Gasteiger charge is -2.14. The van der Waals surface area contributed by atoms with E-state index in [0.717, 1.165) is 24.3 Å². The molecule has 0 saturated heterocycles. The lowest BCUT2D eigenvalue weighted by atomic mass is 9.98. The SMILES string of the molecule is O=C(O)c1ccc(-c2cc(C(F)(F)F)cc(C(F)(F)F)c2)cc1. The van der Waals surface area contributed by atoms with Crippen molar-refractivity contribution in [1.29, 1.82) is 0 Å². The van der Waals surface area contributed by atoms with E-state index < -0.39 is 29.4 Å². The number of benzene rings is 2. The van der Waals surface area contributed by atoms with Crippen LogP contribution in [0.5, 0.6) is 0 Å². The van der Waals surface area contributed by atoms with Crippen molar-refractivity contribution >= 4 is 5.97 Å². The maximum atomic E-state index is 12.8. The lowest BCUT2D eigenvalue weighted by molar-refractivity contribution is -0.143. The number of carboxylic acids is 1. The van der Waals surface area contributed by atoms with E-state index in [1.54, 1.807) is 0 Å². The lowest BCUT2D eigenvalue weighted by Crippen LogP contribution is -2.11. The average molecular weight is 334 g/mol. The summed E-state index contributed by atoms with van der Waals surface area (Å²) in [6.45, 7) is 0. The fraction of sp³-hybridized carbons (Fsp3) is 0.133. The van der Waals surface area contributed by atoms with Crippen LogP contribution in [0.25, 0.3) is 11.1 Å². The maximum absolute atomic E-state index is 12.8. The molecule has 0 aromatic heterocycles. The highest BCUT2D eigenvalue weighted by atomic mass is 19.4. The molecule has 0 radical (unpaired) electrons. The zero-order chi connectivity index (χ0) is 17.4. The minimum absolute atomic E-state index is 0.0368. The third kappa shape index (κ3) is 3.82. The molecule has 2 rings (SSSR count). The highest BCUT2D eigenvalue weighted by Crippen LogP contribution is 2.38. The largest absolute Gasteiger partial charge is 0.478 e. The molecule has 1 N–H and O–H groups in total. The van der Waals surface area contributed by atoms with Gasteiger partial charge in [0.15, 0.2) is 0 Å². The predicted octanol–water partition coefficient (Wildman–Crippen LogP) is 5.09. The monoisotopic (exact) mass is 334 g/mol. The Balaban J connectivity index is 2.59. The summed E-state index contributed by atoms with van der Waals surface area (Å²) in [5.41, 5.74) is -3.23. The molecule has 0 amide bonds. The molecule has 2 aromatic carbocycles. The van der Waals surface area contributed by atoms with Crippen LogP contribution in [0.3, 0.4) is 0 Å². The van der Waals surface area contributed by atoms with E-state index in [1.807, 2.05) is 0 Å². The zero-order valence-corrected chi connectivity index (χ0v) is 11.2. The van der Waals surface area contributed by atoms with Crippen LogP contribution in [0.1, 0.15) is 21.5 Å². The Labute approximate surface area is 126 Å². The van der Waals surface area contributed by atoms with Crippen LogP contribution >= 0.6 is 0 Å². The summed E-state index contributed by atoms with van der Waals surface area (Å²) in [4.78, 5) is 10.7. The van der Waals surface area contributed by atoms with Crippen LogP contribution in [0.4, 0.5) is 26.3 Å². The zero-order valence-electron chi connectivity index (χ0n) is 11.2. The first kappa shape index (κ1) is 16.9. The molecule has 23 heavy (non-hydrogen) atoms. The van der Waals surface area contributed by atoms with E-state index in [9.17, 15) is 31.1 Å². The highest BCUT2D eigenvalue weighted by Gasteiger charge is 2.36. The van der Waals surface area contributed by atoms with Gasteiger partial charge in [-0.15, -0.1) is 0 Å². The van der Waals surface area contributed by atoms with E-state index in [0.29, 0.717) is 12.1 Å². The summed E-state index contributed by atoms with van der Waals surface area (Å²) in [5.74, 6) is -1.25. The Morgan fingerprint density at radius 3 is 1.52 bits per heavy atom. The van der Waals surface area contributed by atoms with Crippen molar-refractivity contribution < 1.29 is 36.2 Å². The van der Waals surface area contributed by atoms with E-state index in [4.69, 9.17) is 5.11 Å². The number of carboxylic acid groups (broad SMARTS) is 1. The third-order valence-electron chi connectivity index (χ3n) is 3.05. The molecule has 0 aliphatic carbocycles. The Hall–Kier alpha value is -2.51. The topological polar surface area (TPSA) is 37.3 Å². The molecule has 0 unspecified atom stereocenters. The van der Waals surface area contributed by atoms with Gasteiger partial charge in [0.25, 0.3) is 0 Å². The maximum Gasteiger partial charge on any atom is 0.416 e. The average Bonchev–Trinajstić information content (AvgIpc) is 2.45. The first-order chi connectivity index (χ1) is 10.5. The first-order valence-electron chi connectivity index (χ1n) is 6.12. The van der Waals surface area contributed by atoms with Crippen LogP contribution < -0.4 is 0 Å². The minimum Gasteiger partial charge on any atom is -0.478 e. The van der Waals surface area contributed by atoms with Gasteiger partial charge in [-0.05, 0) is 41.5 Å². The Kier molecular flexibility index (Phi) is 4.10. The van der Waals surface area contributed by atoms with Gasteiger partial charge in [-0.25, -0.2) is 4.79 Å². The Bertz CT molecular complexity index is 697. The van der Waals surface area contributed by atoms with Gasteiger partial charge >= 0.3 is 18.3 Å². The van der Waals surface area contributed by atoms with Gasteiger partial charge in [0.1, 0.15) is 0 Å². The molecule has 0 aliphatic heterocycles. The molecular weight excluding hydrogens is 326 g/mol. The smallest absolute Gasteiger partial charge is 0.416 e. The molecule has 0 fully saturated rings. The standard InChI is InChI=1S/C15H8F6O2/c16-14(17,18)11-5-10(6-12(7-11)15(19,20)21)8-1-3-9(4-2-8)13(22)23/h1-7H,(H,22,23). The number of carbonyl (C=O) groups is 1. The second-order valence-corrected chi connectivity index (χ2v) is 4.68. The number of hydrogen-bond donors (Lipinski definition) is 1. The molecule has 0 aliphatic rings. The molecule has 2 aromatic rings. The molecule has 0 bridgehead atoms. The van der Waals surface area contributed by atoms with Crippen LogP contribution in [0.15, 0.2) is 42.5 Å². The second-order valence-electron chi connectivity index (χ2n) is 4.68. The summed E-state index contributed by atoms with van der Waals surface area (Å²) in [6, 6.07) is 5.72. The van der Waals surface area contributed by atoms with Gasteiger partial charge < -0.3 is 5.11 Å². The second kappa shape index (κ2) is 5.60. The van der Waals surface area contributed by atoms with E-state index in [1.165, 1.54) is 0 Å². The van der Waals surface area contributed by atoms with E-state index in [-0.39, 0.29) is 22.8 Å². The van der Waals surface area contributed by atoms with Crippen LogP contribution in [-0.2, 0) is 12.4 Å². The molecule has 0 heterocycles. The van der Waals surface area contributed by atoms with Crippen molar-refractivity contribution in [1.82, 2.24) is 0 Å². The van der Waals surface area contributed by atoms with Gasteiger partial charge in [-0.3, -0.25) is 0 Å². The molecule has 0 atom stereocenters. The number of alkyl halides is 6. The fourth-order valence-corrected chi connectivity index (χ4v) is 1.93. The molecule has 0 saturated carbocycles. The van der Waals surface area contributed by atoms with Crippen LogP contribution in [0, 0.1) is 0 Å². The van der Waals surface area contributed by atoms with Crippen molar-refractivity contribution in [3.05, 3.63) is 59.2 Å². The van der Waals surface area contributed by atoms with Crippen LogP contribution in [-0.4, -0.2) is 11.1 Å². The van der Waals surface area contributed by atoms with Crippen molar-refractivity contribution in [2.45, 2.75) is 12.4 Å². The third-order valence-corrected chi connectivity index (χ3v) is 3.05. The molecular formula is C15H8F6O2. The summed E-state index contributed by atoms with van der Waals surface area (Å²) >= 11 is 0. The Morgan fingerprint density at radius 1 is 0.739 bits per heavy atom. The quantitative estimate of drug-likeness (QED) is 0.777. The number of halogens is 6. The van der Waals surface area contributed by atoms with Crippen molar-refractivity contribution in [2.75, 3.05) is 0 Å². The number of aromatic carboxylic acids is 1. The highest BCUT2D eigenvalue weighted by molar-refractivity contribution is 5.88. The summed E-state index contributed by atoms with van der Waals surface area (Å²) < 4.78 is 76.7. The minimum atomic E-state index is -4.93. The predicted molar refractivity (Wildman–Crippen MR) is 68.8 cm³/mol. The van der Waals surface area contributed by atoms with E-state index >= 15 is 0 Å². The molecule has 2 nitrogen and oxygen atoms in total. The van der Waals surface area contributed by atoms with Gasteiger partial charge in [0, 0.05) is 0 Å². The normalized spacial score (nSPS) is 12.3. The van der Waals surface area contributed by atoms with Crippen molar-refractivity contribution in [2.24, 2.45) is 0 Å². The summed E-state index contributed by atoms with van der Waals surface area (Å²) in [6.07, 6.45) is -9.87. The van der Waals surface area contributed by atoms with Gasteiger partial charge in [0.05, 0.1) is 16.7 Å². The van der Waals surface area contributed by atoms with Gasteiger partial charge in [0.2, 0.25) is 0 Å². The summed E-state index contributed by atoms with van der Waals surface area (Å²) in [7, 11) is 0. The summed E-state index contributed by atoms with van der Waals surface area (Å²) in [5, 5.41) is 8.75. The number of hydrogen-bond acceptors (Lipinski definition) is 1. The Morgan fingerprint density at radius 2 is 1.17 bits per heavy atom. The fourth-order valence-electron chi connectivity index (χ4n) is 1.93. The van der Waals surface area contributed by atoms with Crippen LogP contribution in [0.2, 0.25) is 0 Å². The molecule has 8 heteroatoms. The molecule has 0 spiro atoms. The molecule has 122 valence electrons. The van der Waals surface area contributed by atoms with Crippen molar-refractivity contribution in [3.63, 3.8) is 0 Å². The van der Waals surface area contributed by atoms with Gasteiger partial charge in [-0.1, -0.05) is 12.1 Å². The van der Waals surface area contributed by atoms with E-state index in [2.05, 4.69) is 0 Å². The first-order valence-corrected chi connectivity index (χ1v) is 6.12. The van der Waals surface area contributed by atoms with Gasteiger partial charge in [-0.2, -0.15) is 26.3 Å².